The minimum Gasteiger partial charge on any atom is -0.484 e. The molecule has 1 aromatic carbocycles. The average Bonchev–Trinajstić information content (AvgIpc) is 3.39. The molecule has 0 saturated heterocycles. The largest absolute Gasteiger partial charge is 0.484 e. The fraction of sp³-hybridized carbons (Fsp3) is 0.278. The minimum atomic E-state index is -1.12. The van der Waals surface area contributed by atoms with Crippen LogP contribution in [0.25, 0.3) is 0 Å². The van der Waals surface area contributed by atoms with Gasteiger partial charge in [0.25, 0.3) is 0 Å². The Morgan fingerprint density at radius 3 is 1.97 bits per heavy atom. The highest BCUT2D eigenvalue weighted by molar-refractivity contribution is 5.73. The third-order valence-electron chi connectivity index (χ3n) is 4.51. The predicted molar refractivity (Wildman–Crippen MR) is 108 cm³/mol. The second-order valence-corrected chi connectivity index (χ2v) is 6.81. The van der Waals surface area contributed by atoms with Crippen LogP contribution >= 0.6 is 0 Å². The molecular weight excluding hydrogens is 426 g/mol. The molecule has 0 amide bonds. The summed E-state index contributed by atoms with van der Waals surface area (Å²) >= 11 is 0. The first-order valence-electron chi connectivity index (χ1n) is 9.29. The highest BCUT2D eigenvalue weighted by atomic mass is 16.6. The molecule has 1 unspecified atom stereocenters. The quantitative estimate of drug-likeness (QED) is 0.317. The van der Waals surface area contributed by atoms with Crippen molar-refractivity contribution in [2.75, 3.05) is 0 Å². The molecular formula is C18H19N7O7. The molecule has 3 aromatic rings. The molecule has 0 aliphatic rings. The van der Waals surface area contributed by atoms with Gasteiger partial charge >= 0.3 is 17.9 Å². The van der Waals surface area contributed by atoms with Crippen molar-refractivity contribution in [3.05, 3.63) is 74.8 Å². The van der Waals surface area contributed by atoms with Crippen LogP contribution in [0.3, 0.4) is 0 Å². The fourth-order valence-electron chi connectivity index (χ4n) is 3.04. The SMILES string of the molecule is NC(Cc1ccc(OC(Cn2ccnc2[N+](=O)[O-])Cn2ccnc2[N+](=O)[O-])cc1)C(=O)O. The molecule has 32 heavy (non-hydrogen) atoms. The molecule has 14 heteroatoms. The van der Waals surface area contributed by atoms with Crippen LogP contribution in [0.1, 0.15) is 5.56 Å². The summed E-state index contributed by atoms with van der Waals surface area (Å²) in [5.74, 6) is -1.52. The number of carbonyl (C=O) groups is 1. The number of nitrogens with zero attached hydrogens (tertiary/aromatic N) is 6. The van der Waals surface area contributed by atoms with Gasteiger partial charge in [0.2, 0.25) is 0 Å². The number of rotatable bonds is 11. The molecule has 0 bridgehead atoms. The van der Waals surface area contributed by atoms with Crippen LogP contribution in [0.2, 0.25) is 0 Å². The Labute approximate surface area is 180 Å². The molecule has 0 aliphatic heterocycles. The first-order valence-corrected chi connectivity index (χ1v) is 9.29. The molecule has 0 spiro atoms. The van der Waals surface area contributed by atoms with Crippen molar-refractivity contribution in [1.82, 2.24) is 19.1 Å². The number of imidazole rings is 2. The lowest BCUT2D eigenvalue weighted by Gasteiger charge is -2.18. The number of carboxylic acid groups (broad SMARTS) is 1. The third kappa shape index (κ3) is 5.42. The van der Waals surface area contributed by atoms with Gasteiger partial charge in [-0.3, -0.25) is 4.79 Å². The van der Waals surface area contributed by atoms with Crippen molar-refractivity contribution < 1.29 is 24.5 Å². The van der Waals surface area contributed by atoms with E-state index in [0.717, 1.165) is 0 Å². The molecule has 0 saturated carbocycles. The topological polar surface area (TPSA) is 194 Å². The molecule has 2 aromatic heterocycles. The second kappa shape index (κ2) is 9.65. The zero-order valence-corrected chi connectivity index (χ0v) is 16.6. The Bertz CT molecular complexity index is 1050. The lowest BCUT2D eigenvalue weighted by Crippen LogP contribution is -2.32. The van der Waals surface area contributed by atoms with Crippen molar-refractivity contribution in [3.63, 3.8) is 0 Å². The number of hydrogen-bond acceptors (Lipinski definition) is 9. The summed E-state index contributed by atoms with van der Waals surface area (Å²) < 4.78 is 8.49. The average molecular weight is 445 g/mol. The van der Waals surface area contributed by atoms with Gasteiger partial charge in [0, 0.05) is 0 Å². The first-order chi connectivity index (χ1) is 15.2. The molecule has 1 atom stereocenters. The van der Waals surface area contributed by atoms with E-state index in [9.17, 15) is 25.0 Å². The molecule has 0 radical (unpaired) electrons. The smallest absolute Gasteiger partial charge is 0.434 e. The first kappa shape index (κ1) is 22.4. The molecule has 2 heterocycles. The molecule has 3 N–H and O–H groups in total. The summed E-state index contributed by atoms with van der Waals surface area (Å²) in [4.78, 5) is 39.4. The maximum Gasteiger partial charge on any atom is 0.434 e. The Hall–Kier alpha value is -4.33. The van der Waals surface area contributed by atoms with Crippen molar-refractivity contribution in [3.8, 4) is 5.75 Å². The monoisotopic (exact) mass is 445 g/mol. The van der Waals surface area contributed by atoms with Crippen LogP contribution in [0, 0.1) is 20.2 Å². The summed E-state index contributed by atoms with van der Waals surface area (Å²) in [6.07, 6.45) is 4.73. The van der Waals surface area contributed by atoms with Crippen molar-refractivity contribution in [2.45, 2.75) is 31.7 Å². The van der Waals surface area contributed by atoms with E-state index in [0.29, 0.717) is 11.3 Å². The summed E-state index contributed by atoms with van der Waals surface area (Å²) in [7, 11) is 0. The number of nitro groups is 2. The van der Waals surface area contributed by atoms with E-state index in [1.165, 1.54) is 33.9 Å². The van der Waals surface area contributed by atoms with Gasteiger partial charge in [-0.05, 0) is 34.0 Å². The van der Waals surface area contributed by atoms with Gasteiger partial charge in [-0.15, -0.1) is 0 Å². The normalized spacial score (nSPS) is 11.9. The van der Waals surface area contributed by atoms with Gasteiger partial charge in [0.05, 0.1) is 0 Å². The number of carboxylic acids is 1. The van der Waals surface area contributed by atoms with Crippen molar-refractivity contribution >= 4 is 17.9 Å². The maximum atomic E-state index is 11.2. The number of aliphatic carboxylic acids is 1. The Morgan fingerprint density at radius 2 is 1.53 bits per heavy atom. The second-order valence-electron chi connectivity index (χ2n) is 6.81. The zero-order chi connectivity index (χ0) is 23.3. The van der Waals surface area contributed by atoms with Crippen molar-refractivity contribution in [2.24, 2.45) is 5.73 Å². The fourth-order valence-corrected chi connectivity index (χ4v) is 3.04. The summed E-state index contributed by atoms with van der Waals surface area (Å²) in [6.45, 7) is -0.0332. The van der Waals surface area contributed by atoms with Crippen LogP contribution in [0.5, 0.6) is 5.75 Å². The zero-order valence-electron chi connectivity index (χ0n) is 16.6. The molecule has 168 valence electrons. The molecule has 14 nitrogen and oxygen atoms in total. The number of ether oxygens (including phenoxy) is 1. The number of aromatic nitrogens is 4. The van der Waals surface area contributed by atoms with Gasteiger partial charge in [0.15, 0.2) is 6.10 Å². The van der Waals surface area contributed by atoms with E-state index in [4.69, 9.17) is 15.6 Å². The Kier molecular flexibility index (Phi) is 6.74. The molecule has 0 aliphatic carbocycles. The van der Waals surface area contributed by atoms with Crippen LogP contribution < -0.4 is 10.5 Å². The number of benzene rings is 1. The van der Waals surface area contributed by atoms with Gasteiger partial charge < -0.3 is 35.8 Å². The lowest BCUT2D eigenvalue weighted by molar-refractivity contribution is -0.397. The van der Waals surface area contributed by atoms with Gasteiger partial charge in [0.1, 0.15) is 49.7 Å². The van der Waals surface area contributed by atoms with E-state index < -0.39 is 39.9 Å². The van der Waals surface area contributed by atoms with E-state index in [-0.39, 0.29) is 19.5 Å². The summed E-state index contributed by atoms with van der Waals surface area (Å²) in [6, 6.07) is 5.45. The van der Waals surface area contributed by atoms with Crippen LogP contribution in [-0.2, 0) is 24.3 Å². The highest BCUT2D eigenvalue weighted by Gasteiger charge is 2.25. The third-order valence-corrected chi connectivity index (χ3v) is 4.51. The maximum absolute atomic E-state index is 11.2. The summed E-state index contributed by atoms with van der Waals surface area (Å²) in [5.41, 5.74) is 6.22. The Morgan fingerprint density at radius 1 is 1.03 bits per heavy atom. The van der Waals surface area contributed by atoms with Crippen molar-refractivity contribution in [1.29, 1.82) is 0 Å². The van der Waals surface area contributed by atoms with Crippen LogP contribution in [-0.4, -0.2) is 52.2 Å². The van der Waals surface area contributed by atoms with E-state index >= 15 is 0 Å². The standard InChI is InChI=1S/C18H19N7O7/c19-15(16(26)27)9-12-1-3-13(4-2-12)32-14(10-22-7-5-20-17(22)24(28)29)11-23-8-6-21-18(23)25(30)31/h1-8,14-15H,9-11,19H2,(H,26,27). The van der Waals surface area contributed by atoms with Gasteiger partial charge in [-0.25, -0.2) is 9.13 Å². The predicted octanol–water partition coefficient (Wildman–Crippen LogP) is 0.998. The van der Waals surface area contributed by atoms with Gasteiger partial charge in [-0.1, -0.05) is 22.1 Å². The minimum absolute atomic E-state index is 0.0166. The van der Waals surface area contributed by atoms with E-state index in [2.05, 4.69) is 9.97 Å². The van der Waals surface area contributed by atoms with Crippen LogP contribution in [0.15, 0.2) is 49.1 Å². The Balaban J connectivity index is 1.81. The van der Waals surface area contributed by atoms with E-state index in [1.807, 2.05) is 0 Å². The number of nitrogens with two attached hydrogens (primary N) is 1. The lowest BCUT2D eigenvalue weighted by atomic mass is 10.1. The number of hydrogen-bond donors (Lipinski definition) is 2. The van der Waals surface area contributed by atoms with E-state index in [1.54, 1.807) is 24.3 Å². The summed E-state index contributed by atoms with van der Waals surface area (Å²) in [5, 5.41) is 31.3. The van der Waals surface area contributed by atoms with Crippen LogP contribution in [0.4, 0.5) is 11.9 Å². The highest BCUT2D eigenvalue weighted by Crippen LogP contribution is 2.19. The molecule has 3 rings (SSSR count). The van der Waals surface area contributed by atoms with Gasteiger partial charge in [-0.2, -0.15) is 0 Å². The molecule has 0 fully saturated rings.